The smallest absolute Gasteiger partial charge is 0.348 e. The van der Waals surface area contributed by atoms with Crippen molar-refractivity contribution >= 4 is 31.7 Å². The van der Waals surface area contributed by atoms with Crippen molar-refractivity contribution in [2.24, 2.45) is 0 Å². The molecule has 0 rings (SSSR count). The van der Waals surface area contributed by atoms with Crippen LogP contribution in [0.3, 0.4) is 0 Å². The van der Waals surface area contributed by atoms with E-state index in [1.807, 2.05) is 0 Å². The summed E-state index contributed by atoms with van der Waals surface area (Å²) in [6.07, 6.45) is 0.160. The largest absolute Gasteiger partial charge is 0.478 e. The van der Waals surface area contributed by atoms with Gasteiger partial charge in [0.2, 0.25) is 0 Å². The molecule has 0 saturated carbocycles. The van der Waals surface area contributed by atoms with Gasteiger partial charge in [0.05, 0.1) is 0 Å². The fourth-order valence-corrected chi connectivity index (χ4v) is 1.18. The molecule has 0 saturated heterocycles. The summed E-state index contributed by atoms with van der Waals surface area (Å²) < 4.78 is 19.1. The fourth-order valence-electron chi connectivity index (χ4n) is 0.281. The number of hydrogen-bond donors (Lipinski definition) is 2. The molecular weight excluding hydrogens is 271 g/mol. The summed E-state index contributed by atoms with van der Waals surface area (Å²) in [6.45, 7) is 0. The van der Waals surface area contributed by atoms with Gasteiger partial charge in [-0.3, -0.25) is 0 Å². The Bertz CT molecular complexity index is 277. The van der Waals surface area contributed by atoms with Gasteiger partial charge in [0, 0.05) is 6.08 Å². The number of aliphatic carboxylic acids is 2. The van der Waals surface area contributed by atoms with Gasteiger partial charge < -0.3 is 10.2 Å². The number of halogens is 1. The van der Waals surface area contributed by atoms with Gasteiger partial charge in [-0.15, -0.1) is 0 Å². The van der Waals surface area contributed by atoms with Crippen LogP contribution in [0, 0.1) is 0 Å². The molecule has 0 unspecified atom stereocenters. The van der Waals surface area contributed by atoms with Crippen LogP contribution >= 0.6 is 19.8 Å². The second-order valence-corrected chi connectivity index (χ2v) is 3.76. The lowest BCUT2D eigenvalue weighted by Crippen LogP contribution is -1.98. The van der Waals surface area contributed by atoms with Crippen LogP contribution in [0.5, 0.6) is 0 Å². The first kappa shape index (κ1) is 10.0. The highest BCUT2D eigenvalue weighted by Gasteiger charge is 2.14. The molecule has 0 fully saturated rings. The van der Waals surface area contributed by atoms with E-state index in [0.717, 1.165) is 0 Å². The summed E-state index contributed by atoms with van der Waals surface area (Å²) in [5, 5.41) is 16.1. The Kier molecular flexibility index (Phi) is 3.65. The quantitative estimate of drug-likeness (QED) is 0.563. The van der Waals surface area contributed by atoms with Gasteiger partial charge in [-0.1, -0.05) is 0 Å². The first-order valence-corrected chi connectivity index (χ1v) is 5.02. The van der Waals surface area contributed by atoms with Gasteiger partial charge in [0.25, 0.3) is 0 Å². The summed E-state index contributed by atoms with van der Waals surface area (Å²) in [6, 6.07) is 0. The van der Waals surface area contributed by atoms with Crippen molar-refractivity contribution < 1.29 is 25.9 Å². The van der Waals surface area contributed by atoms with Crippen LogP contribution in [0.4, 0.5) is 0 Å². The van der Waals surface area contributed by atoms with Gasteiger partial charge in [-0.2, -0.15) is 0 Å². The number of carboxylic acid groups (broad SMARTS) is 2. The molecule has 0 aromatic heterocycles. The third-order valence-corrected chi connectivity index (χ3v) is 2.34. The van der Waals surface area contributed by atoms with Crippen molar-refractivity contribution in [1.29, 1.82) is 0 Å². The van der Waals surface area contributed by atoms with E-state index < -0.39 is 35.3 Å². The molecule has 0 heterocycles. The zero-order valence-electron chi connectivity index (χ0n) is 4.98. The normalized spacial score (nSPS) is 11.5. The molecule has 0 aliphatic heterocycles. The Hall–Kier alpha value is -0.990. The second kappa shape index (κ2) is 4.01. The standard InChI is InChI=1S/C4H3IO6/c6-3(7)1-2(4(8)9)5(10)11/h1H,(H,6,7)(H,8,9)/b2-1-. The minimum absolute atomic E-state index is 0.160. The van der Waals surface area contributed by atoms with Gasteiger partial charge >= 0.3 is 31.7 Å². The number of hydrogen-bond acceptors (Lipinski definition) is 4. The van der Waals surface area contributed by atoms with Crippen LogP contribution < -0.4 is 0 Å². The third-order valence-electron chi connectivity index (χ3n) is 0.621. The lowest BCUT2D eigenvalue weighted by Gasteiger charge is -1.84. The molecule has 0 bridgehead atoms. The zero-order chi connectivity index (χ0) is 9.02. The van der Waals surface area contributed by atoms with Gasteiger partial charge in [0.15, 0.2) is 3.58 Å². The van der Waals surface area contributed by atoms with Gasteiger partial charge in [0.1, 0.15) is 0 Å². The minimum atomic E-state index is -4.18. The molecule has 11 heavy (non-hydrogen) atoms. The maximum absolute atomic E-state index is 10.1. The van der Waals surface area contributed by atoms with Gasteiger partial charge in [-0.05, 0) is 0 Å². The maximum atomic E-state index is 10.1. The maximum Gasteiger partial charge on any atom is 0.348 e. The molecule has 62 valence electrons. The second-order valence-electron chi connectivity index (χ2n) is 1.35. The SMILES string of the molecule is O=C(O)/C=C(/C(=O)O)I(=O)=O. The van der Waals surface area contributed by atoms with E-state index in [9.17, 15) is 15.7 Å². The van der Waals surface area contributed by atoms with Crippen LogP contribution in [-0.2, 0) is 15.7 Å². The van der Waals surface area contributed by atoms with E-state index in [2.05, 4.69) is 0 Å². The third kappa shape index (κ3) is 3.65. The summed E-state index contributed by atoms with van der Waals surface area (Å²) in [4.78, 5) is 19.8. The molecule has 6 nitrogen and oxygen atoms in total. The Balaban J connectivity index is 4.91. The molecule has 0 aliphatic rings. The molecule has 7 heteroatoms. The monoisotopic (exact) mass is 274 g/mol. The van der Waals surface area contributed by atoms with Crippen molar-refractivity contribution in [3.63, 3.8) is 0 Å². The molecule has 0 atom stereocenters. The first-order chi connectivity index (χ1) is 4.95. The van der Waals surface area contributed by atoms with Crippen LogP contribution in [0.1, 0.15) is 0 Å². The number of rotatable bonds is 3. The molecule has 0 aromatic carbocycles. The Labute approximate surface area is 67.7 Å². The fraction of sp³-hybridized carbons (Fsp3) is 0. The van der Waals surface area contributed by atoms with Crippen LogP contribution in [0.25, 0.3) is 0 Å². The van der Waals surface area contributed by atoms with Crippen molar-refractivity contribution in [2.75, 3.05) is 0 Å². The topological polar surface area (TPSA) is 109 Å². The van der Waals surface area contributed by atoms with Crippen molar-refractivity contribution in [1.82, 2.24) is 0 Å². The summed E-state index contributed by atoms with van der Waals surface area (Å²) in [5.41, 5.74) is 0. The highest BCUT2D eigenvalue weighted by molar-refractivity contribution is 14.2. The molecule has 2 N–H and O–H groups in total. The number of carbonyl (C=O) groups is 2. The van der Waals surface area contributed by atoms with E-state index in [1.54, 1.807) is 0 Å². The van der Waals surface area contributed by atoms with E-state index >= 15 is 0 Å². The molecule has 0 spiro atoms. The Morgan fingerprint density at radius 3 is 1.73 bits per heavy atom. The lowest BCUT2D eigenvalue weighted by molar-refractivity contribution is -0.134. The predicted molar refractivity (Wildman–Crippen MR) is 38.7 cm³/mol. The summed E-state index contributed by atoms with van der Waals surface area (Å²) in [7, 11) is 0. The Morgan fingerprint density at radius 1 is 1.18 bits per heavy atom. The van der Waals surface area contributed by atoms with Crippen LogP contribution in [0.2, 0.25) is 0 Å². The van der Waals surface area contributed by atoms with Gasteiger partial charge in [-0.25, -0.2) is 15.7 Å². The van der Waals surface area contributed by atoms with Crippen molar-refractivity contribution in [2.45, 2.75) is 0 Å². The summed E-state index contributed by atoms with van der Waals surface area (Å²) >= 11 is -4.18. The predicted octanol–water partition coefficient (Wildman–Crippen LogP) is 0.237. The van der Waals surface area contributed by atoms with Crippen molar-refractivity contribution in [3.8, 4) is 0 Å². The molecule has 0 radical (unpaired) electrons. The average molecular weight is 274 g/mol. The Morgan fingerprint density at radius 2 is 1.64 bits per heavy atom. The van der Waals surface area contributed by atoms with E-state index in [-0.39, 0.29) is 6.08 Å². The summed E-state index contributed by atoms with van der Waals surface area (Å²) in [5.74, 6) is -3.32. The average Bonchev–Trinajstić information content (AvgIpc) is 1.81. The molecular formula is C4H3IO6. The highest BCUT2D eigenvalue weighted by Crippen LogP contribution is 2.19. The lowest BCUT2D eigenvalue weighted by atomic mass is 10.5. The molecule has 0 amide bonds. The minimum Gasteiger partial charge on any atom is -0.478 e. The van der Waals surface area contributed by atoms with Crippen molar-refractivity contribution in [3.05, 3.63) is 9.66 Å². The zero-order valence-corrected chi connectivity index (χ0v) is 7.14. The first-order valence-electron chi connectivity index (χ1n) is 2.18. The number of carboxylic acids is 2. The van der Waals surface area contributed by atoms with E-state index in [1.165, 1.54) is 0 Å². The van der Waals surface area contributed by atoms with E-state index in [0.29, 0.717) is 0 Å². The highest BCUT2D eigenvalue weighted by atomic mass is 127. The van der Waals surface area contributed by atoms with E-state index in [4.69, 9.17) is 10.2 Å². The molecule has 0 aliphatic carbocycles. The van der Waals surface area contributed by atoms with Crippen LogP contribution in [-0.4, -0.2) is 22.2 Å². The molecule has 0 aromatic rings. The van der Waals surface area contributed by atoms with Crippen LogP contribution in [0.15, 0.2) is 9.66 Å².